The van der Waals surface area contributed by atoms with E-state index in [4.69, 9.17) is 4.74 Å². The molecule has 1 atom stereocenters. The average Bonchev–Trinajstić information content (AvgIpc) is 2.52. The molecule has 22 heavy (non-hydrogen) atoms. The summed E-state index contributed by atoms with van der Waals surface area (Å²) >= 11 is 0. The Balaban J connectivity index is 2.25. The molecule has 1 aromatic heterocycles. The number of hydrogen-bond acceptors (Lipinski definition) is 4. The number of nitrogens with one attached hydrogen (secondary N) is 1. The molecule has 0 saturated carbocycles. The molecule has 0 aliphatic rings. The Kier molecular flexibility index (Phi) is 5.09. The van der Waals surface area contributed by atoms with E-state index in [2.05, 4.69) is 15.3 Å². The van der Waals surface area contributed by atoms with Crippen molar-refractivity contribution in [2.45, 2.75) is 33.1 Å². The first-order valence-corrected chi connectivity index (χ1v) is 7.31. The lowest BCUT2D eigenvalue weighted by molar-refractivity contribution is -0.117. The summed E-state index contributed by atoms with van der Waals surface area (Å²) in [6, 6.07) is 10.1. The van der Waals surface area contributed by atoms with E-state index in [1.54, 1.807) is 0 Å². The quantitative estimate of drug-likeness (QED) is 0.920. The highest BCUT2D eigenvalue weighted by atomic mass is 16.5. The molecule has 0 aliphatic heterocycles. The van der Waals surface area contributed by atoms with Crippen LogP contribution < -0.4 is 10.1 Å². The molecule has 0 radical (unpaired) electrons. The summed E-state index contributed by atoms with van der Waals surface area (Å²) in [5.74, 6) is -0.240. The first-order chi connectivity index (χ1) is 10.6. The van der Waals surface area contributed by atoms with E-state index in [0.717, 1.165) is 12.0 Å². The van der Waals surface area contributed by atoms with Gasteiger partial charge in [-0.25, -0.2) is 0 Å². The first-order valence-electron chi connectivity index (χ1n) is 7.31. The lowest BCUT2D eigenvalue weighted by Crippen LogP contribution is -2.22. The summed E-state index contributed by atoms with van der Waals surface area (Å²) < 4.78 is 5.04. The van der Waals surface area contributed by atoms with Crippen molar-refractivity contribution in [3.8, 4) is 6.01 Å². The number of aryl methyl sites for hydroxylation is 2. The van der Waals surface area contributed by atoms with Gasteiger partial charge in [0, 0.05) is 0 Å². The maximum absolute atomic E-state index is 12.6. The Bertz CT molecular complexity index is 633. The zero-order chi connectivity index (χ0) is 16.1. The molecule has 0 saturated heterocycles. The standard InChI is InChI=1S/C17H21N3O2/c1-5-14(13-9-7-6-8-10-13)16(21)20-15-11(2)18-17(22-4)19-12(15)3/h6-10,14H,5H2,1-4H3,(H,20,21). The second-order valence-electron chi connectivity index (χ2n) is 5.12. The number of carbonyl (C=O) groups is 1. The van der Waals surface area contributed by atoms with Crippen molar-refractivity contribution >= 4 is 11.6 Å². The van der Waals surface area contributed by atoms with Gasteiger partial charge < -0.3 is 10.1 Å². The van der Waals surface area contributed by atoms with E-state index in [1.807, 2.05) is 51.1 Å². The predicted molar refractivity (Wildman–Crippen MR) is 86.2 cm³/mol. The molecular weight excluding hydrogens is 278 g/mol. The van der Waals surface area contributed by atoms with Crippen LogP contribution >= 0.6 is 0 Å². The highest BCUT2D eigenvalue weighted by Crippen LogP contribution is 2.24. The van der Waals surface area contributed by atoms with Gasteiger partial charge in [0.1, 0.15) is 0 Å². The summed E-state index contributed by atoms with van der Waals surface area (Å²) in [5, 5.41) is 2.96. The molecular formula is C17H21N3O2. The number of anilines is 1. The molecule has 0 spiro atoms. The third-order valence-corrected chi connectivity index (χ3v) is 3.61. The minimum absolute atomic E-state index is 0.0475. The van der Waals surface area contributed by atoms with Crippen molar-refractivity contribution in [3.05, 3.63) is 47.3 Å². The van der Waals surface area contributed by atoms with Crippen molar-refractivity contribution in [2.75, 3.05) is 12.4 Å². The summed E-state index contributed by atoms with van der Waals surface area (Å²) in [5.41, 5.74) is 3.05. The van der Waals surface area contributed by atoms with Crippen molar-refractivity contribution in [2.24, 2.45) is 0 Å². The van der Waals surface area contributed by atoms with Crippen molar-refractivity contribution in [1.29, 1.82) is 0 Å². The number of methoxy groups -OCH3 is 1. The van der Waals surface area contributed by atoms with Crippen LogP contribution in [0.4, 0.5) is 5.69 Å². The summed E-state index contributed by atoms with van der Waals surface area (Å²) in [6.07, 6.45) is 0.727. The van der Waals surface area contributed by atoms with E-state index < -0.39 is 0 Å². The zero-order valence-corrected chi connectivity index (χ0v) is 13.4. The lowest BCUT2D eigenvalue weighted by atomic mass is 9.95. The fraction of sp³-hybridized carbons (Fsp3) is 0.353. The van der Waals surface area contributed by atoms with Crippen LogP contribution in [-0.4, -0.2) is 23.0 Å². The van der Waals surface area contributed by atoms with Gasteiger partial charge in [-0.15, -0.1) is 0 Å². The SMILES string of the molecule is CCC(C(=O)Nc1c(C)nc(OC)nc1C)c1ccccc1. The number of ether oxygens (including phenoxy) is 1. The Morgan fingerprint density at radius 1 is 1.18 bits per heavy atom. The smallest absolute Gasteiger partial charge is 0.316 e. The number of aromatic nitrogens is 2. The van der Waals surface area contributed by atoms with Crippen LogP contribution in [0.15, 0.2) is 30.3 Å². The van der Waals surface area contributed by atoms with Crippen LogP contribution in [0.3, 0.4) is 0 Å². The number of amides is 1. The fourth-order valence-corrected chi connectivity index (χ4v) is 2.43. The average molecular weight is 299 g/mol. The lowest BCUT2D eigenvalue weighted by Gasteiger charge is -2.17. The summed E-state index contributed by atoms with van der Waals surface area (Å²) in [7, 11) is 1.52. The van der Waals surface area contributed by atoms with Crippen LogP contribution in [0.5, 0.6) is 6.01 Å². The summed E-state index contributed by atoms with van der Waals surface area (Å²) in [6.45, 7) is 5.66. The highest BCUT2D eigenvalue weighted by molar-refractivity contribution is 5.96. The minimum Gasteiger partial charge on any atom is -0.467 e. The molecule has 116 valence electrons. The molecule has 5 nitrogen and oxygen atoms in total. The summed E-state index contributed by atoms with van der Waals surface area (Å²) in [4.78, 5) is 21.0. The van der Waals surface area contributed by atoms with Gasteiger partial charge in [0.25, 0.3) is 0 Å². The maximum Gasteiger partial charge on any atom is 0.316 e. The van der Waals surface area contributed by atoms with Gasteiger partial charge in [0.05, 0.1) is 30.1 Å². The van der Waals surface area contributed by atoms with Crippen molar-refractivity contribution in [1.82, 2.24) is 9.97 Å². The Hall–Kier alpha value is -2.43. The predicted octanol–water partition coefficient (Wildman–Crippen LogP) is 3.23. The van der Waals surface area contributed by atoms with Crippen LogP contribution in [0.25, 0.3) is 0 Å². The third-order valence-electron chi connectivity index (χ3n) is 3.61. The van der Waals surface area contributed by atoms with Gasteiger partial charge in [0.2, 0.25) is 5.91 Å². The molecule has 2 rings (SSSR count). The topological polar surface area (TPSA) is 64.1 Å². The molecule has 0 aliphatic carbocycles. The van der Waals surface area contributed by atoms with E-state index in [0.29, 0.717) is 23.1 Å². The molecule has 1 unspecified atom stereocenters. The molecule has 1 aromatic carbocycles. The maximum atomic E-state index is 12.6. The number of carbonyl (C=O) groups excluding carboxylic acids is 1. The number of hydrogen-bond donors (Lipinski definition) is 1. The van der Waals surface area contributed by atoms with Crippen molar-refractivity contribution in [3.63, 3.8) is 0 Å². The number of nitrogens with zero attached hydrogens (tertiary/aromatic N) is 2. The van der Waals surface area contributed by atoms with E-state index in [-0.39, 0.29) is 11.8 Å². The largest absolute Gasteiger partial charge is 0.467 e. The van der Waals surface area contributed by atoms with Gasteiger partial charge in [-0.05, 0) is 25.8 Å². The van der Waals surface area contributed by atoms with Gasteiger partial charge in [-0.3, -0.25) is 4.79 Å². The second-order valence-corrected chi connectivity index (χ2v) is 5.12. The van der Waals surface area contributed by atoms with Crippen LogP contribution in [0, 0.1) is 13.8 Å². The molecule has 1 N–H and O–H groups in total. The number of rotatable bonds is 5. The van der Waals surface area contributed by atoms with E-state index in [1.165, 1.54) is 7.11 Å². The van der Waals surface area contributed by atoms with Gasteiger partial charge in [0.15, 0.2) is 0 Å². The highest BCUT2D eigenvalue weighted by Gasteiger charge is 2.20. The normalized spacial score (nSPS) is 11.8. The molecule has 1 heterocycles. The fourth-order valence-electron chi connectivity index (χ4n) is 2.43. The van der Waals surface area contributed by atoms with Crippen LogP contribution in [0.1, 0.15) is 36.2 Å². The second kappa shape index (κ2) is 7.02. The molecule has 0 bridgehead atoms. The molecule has 5 heteroatoms. The Labute approximate surface area is 130 Å². The van der Waals surface area contributed by atoms with E-state index in [9.17, 15) is 4.79 Å². The molecule has 1 amide bonds. The number of benzene rings is 1. The van der Waals surface area contributed by atoms with Gasteiger partial charge in [-0.1, -0.05) is 37.3 Å². The molecule has 2 aromatic rings. The Morgan fingerprint density at radius 2 is 1.77 bits per heavy atom. The van der Waals surface area contributed by atoms with Gasteiger partial charge in [-0.2, -0.15) is 9.97 Å². The van der Waals surface area contributed by atoms with Crippen LogP contribution in [0.2, 0.25) is 0 Å². The Morgan fingerprint density at radius 3 is 2.27 bits per heavy atom. The first kappa shape index (κ1) is 15.9. The zero-order valence-electron chi connectivity index (χ0n) is 13.4. The third kappa shape index (κ3) is 3.42. The van der Waals surface area contributed by atoms with Crippen molar-refractivity contribution < 1.29 is 9.53 Å². The van der Waals surface area contributed by atoms with Crippen LogP contribution in [-0.2, 0) is 4.79 Å². The molecule has 0 fully saturated rings. The monoisotopic (exact) mass is 299 g/mol. The van der Waals surface area contributed by atoms with Gasteiger partial charge >= 0.3 is 6.01 Å². The minimum atomic E-state index is -0.192. The van der Waals surface area contributed by atoms with E-state index >= 15 is 0 Å².